The first-order valence-corrected chi connectivity index (χ1v) is 8.33. The first-order chi connectivity index (χ1) is 10.9. The van der Waals surface area contributed by atoms with Crippen molar-refractivity contribution in [3.63, 3.8) is 0 Å². The number of hydrogen-bond acceptors (Lipinski definition) is 3. The minimum atomic E-state index is -3.77. The smallest absolute Gasteiger partial charge is 0.261 e. The van der Waals surface area contributed by atoms with Gasteiger partial charge in [-0.2, -0.15) is 5.10 Å². The van der Waals surface area contributed by atoms with Gasteiger partial charge >= 0.3 is 0 Å². The van der Waals surface area contributed by atoms with E-state index in [0.29, 0.717) is 5.69 Å². The van der Waals surface area contributed by atoms with Gasteiger partial charge in [-0.3, -0.25) is 9.82 Å². The SMILES string of the molecule is Cc1cc(-c2cccc(NS(=O)(=O)c3ccc(F)cc3)c2)n[nH]1. The summed E-state index contributed by atoms with van der Waals surface area (Å²) in [5, 5.41) is 6.99. The van der Waals surface area contributed by atoms with Crippen LogP contribution in [0.25, 0.3) is 11.3 Å². The van der Waals surface area contributed by atoms with Crippen LogP contribution in [0.15, 0.2) is 59.5 Å². The van der Waals surface area contributed by atoms with Crippen molar-refractivity contribution < 1.29 is 12.8 Å². The van der Waals surface area contributed by atoms with Crippen LogP contribution in [-0.2, 0) is 10.0 Å². The Morgan fingerprint density at radius 3 is 2.48 bits per heavy atom. The van der Waals surface area contributed by atoms with Crippen LogP contribution in [0.5, 0.6) is 0 Å². The van der Waals surface area contributed by atoms with E-state index in [0.717, 1.165) is 29.1 Å². The van der Waals surface area contributed by atoms with Gasteiger partial charge in [0, 0.05) is 16.9 Å². The standard InChI is InChI=1S/C16H14FN3O2S/c1-11-9-16(19-18-11)12-3-2-4-14(10-12)20-23(21,22)15-7-5-13(17)6-8-15/h2-10,20H,1H3,(H,18,19). The maximum absolute atomic E-state index is 12.9. The van der Waals surface area contributed by atoms with Crippen LogP contribution in [0.1, 0.15) is 5.69 Å². The number of rotatable bonds is 4. The first-order valence-electron chi connectivity index (χ1n) is 6.85. The normalized spacial score (nSPS) is 11.4. The van der Waals surface area contributed by atoms with E-state index in [1.807, 2.05) is 19.1 Å². The van der Waals surface area contributed by atoms with Crippen molar-refractivity contribution in [2.75, 3.05) is 4.72 Å². The van der Waals surface area contributed by atoms with Gasteiger partial charge in [0.05, 0.1) is 10.6 Å². The van der Waals surface area contributed by atoms with Crippen molar-refractivity contribution in [3.05, 3.63) is 66.1 Å². The van der Waals surface area contributed by atoms with Crippen molar-refractivity contribution in [1.82, 2.24) is 10.2 Å². The average Bonchev–Trinajstić information content (AvgIpc) is 2.94. The molecule has 7 heteroatoms. The maximum Gasteiger partial charge on any atom is 0.261 e. The lowest BCUT2D eigenvalue weighted by molar-refractivity contribution is 0.599. The van der Waals surface area contributed by atoms with E-state index in [1.54, 1.807) is 18.2 Å². The highest BCUT2D eigenvalue weighted by atomic mass is 32.2. The number of aryl methyl sites for hydroxylation is 1. The Morgan fingerprint density at radius 2 is 1.83 bits per heavy atom. The van der Waals surface area contributed by atoms with Gasteiger partial charge < -0.3 is 0 Å². The summed E-state index contributed by atoms with van der Waals surface area (Å²) < 4.78 is 40.0. The topological polar surface area (TPSA) is 74.8 Å². The molecule has 0 saturated heterocycles. The Hall–Kier alpha value is -2.67. The Kier molecular flexibility index (Phi) is 3.87. The number of aromatic nitrogens is 2. The predicted molar refractivity (Wildman–Crippen MR) is 86.0 cm³/mol. The molecule has 0 fully saturated rings. The summed E-state index contributed by atoms with van der Waals surface area (Å²) in [6.07, 6.45) is 0. The van der Waals surface area contributed by atoms with Gasteiger partial charge in [-0.05, 0) is 49.4 Å². The zero-order valence-corrected chi connectivity index (χ0v) is 13.1. The van der Waals surface area contributed by atoms with Crippen LogP contribution in [-0.4, -0.2) is 18.6 Å². The van der Waals surface area contributed by atoms with E-state index in [-0.39, 0.29) is 4.90 Å². The molecular formula is C16H14FN3O2S. The highest BCUT2D eigenvalue weighted by Crippen LogP contribution is 2.23. The number of aromatic amines is 1. The van der Waals surface area contributed by atoms with Crippen LogP contribution in [0, 0.1) is 12.7 Å². The molecule has 2 N–H and O–H groups in total. The maximum atomic E-state index is 12.9. The molecule has 3 aromatic rings. The third kappa shape index (κ3) is 3.40. The number of benzene rings is 2. The number of anilines is 1. The molecule has 3 rings (SSSR count). The highest BCUT2D eigenvalue weighted by molar-refractivity contribution is 7.92. The van der Waals surface area contributed by atoms with E-state index in [9.17, 15) is 12.8 Å². The molecule has 0 aliphatic carbocycles. The van der Waals surface area contributed by atoms with Crippen molar-refractivity contribution in [1.29, 1.82) is 0 Å². The fourth-order valence-corrected chi connectivity index (χ4v) is 3.19. The third-order valence-electron chi connectivity index (χ3n) is 3.24. The Labute approximate surface area is 133 Å². The fraction of sp³-hybridized carbons (Fsp3) is 0.0625. The summed E-state index contributed by atoms with van der Waals surface area (Å²) >= 11 is 0. The van der Waals surface area contributed by atoms with Crippen LogP contribution in [0.2, 0.25) is 0 Å². The lowest BCUT2D eigenvalue weighted by Gasteiger charge is -2.09. The summed E-state index contributed by atoms with van der Waals surface area (Å²) in [4.78, 5) is -0.0000769. The van der Waals surface area contributed by atoms with Gasteiger partial charge in [0.1, 0.15) is 5.82 Å². The first kappa shape index (κ1) is 15.2. The second-order valence-electron chi connectivity index (χ2n) is 5.08. The van der Waals surface area contributed by atoms with Crippen LogP contribution >= 0.6 is 0 Å². The molecule has 0 bridgehead atoms. The van der Waals surface area contributed by atoms with Crippen LogP contribution in [0.4, 0.5) is 10.1 Å². The molecular weight excluding hydrogens is 317 g/mol. The monoisotopic (exact) mass is 331 g/mol. The van der Waals surface area contributed by atoms with E-state index in [1.165, 1.54) is 12.1 Å². The lowest BCUT2D eigenvalue weighted by atomic mass is 10.1. The summed E-state index contributed by atoms with van der Waals surface area (Å²) in [5.74, 6) is -0.486. The number of nitrogens with one attached hydrogen (secondary N) is 2. The highest BCUT2D eigenvalue weighted by Gasteiger charge is 2.14. The number of nitrogens with zero attached hydrogens (tertiary/aromatic N) is 1. The molecule has 0 aliphatic rings. The molecule has 0 spiro atoms. The number of halogens is 1. The van der Waals surface area contributed by atoms with Crippen molar-refractivity contribution in [3.8, 4) is 11.3 Å². The van der Waals surface area contributed by atoms with Crippen molar-refractivity contribution in [2.45, 2.75) is 11.8 Å². The number of H-pyrrole nitrogens is 1. The Bertz CT molecular complexity index is 934. The molecule has 0 unspecified atom stereocenters. The summed E-state index contributed by atoms with van der Waals surface area (Å²) in [7, 11) is -3.77. The molecule has 0 aliphatic heterocycles. The second kappa shape index (κ2) is 5.85. The van der Waals surface area contributed by atoms with Crippen molar-refractivity contribution >= 4 is 15.7 Å². The minimum Gasteiger partial charge on any atom is -0.282 e. The van der Waals surface area contributed by atoms with Crippen molar-refractivity contribution in [2.24, 2.45) is 0 Å². The quantitative estimate of drug-likeness (QED) is 0.770. The van der Waals surface area contributed by atoms with Gasteiger partial charge in [0.2, 0.25) is 0 Å². The Balaban J connectivity index is 1.89. The second-order valence-corrected chi connectivity index (χ2v) is 6.76. The number of sulfonamides is 1. The van der Waals surface area contributed by atoms with Gasteiger partial charge in [-0.25, -0.2) is 12.8 Å². The summed E-state index contributed by atoms with van der Waals surface area (Å²) in [6, 6.07) is 13.4. The molecule has 118 valence electrons. The van der Waals surface area contributed by atoms with E-state index < -0.39 is 15.8 Å². The largest absolute Gasteiger partial charge is 0.282 e. The minimum absolute atomic E-state index is 0.0000769. The van der Waals surface area contributed by atoms with Gasteiger partial charge in [0.25, 0.3) is 10.0 Å². The third-order valence-corrected chi connectivity index (χ3v) is 4.64. The molecule has 23 heavy (non-hydrogen) atoms. The van der Waals surface area contributed by atoms with Crippen LogP contribution in [0.3, 0.4) is 0 Å². The van der Waals surface area contributed by atoms with Gasteiger partial charge in [0.15, 0.2) is 0 Å². The lowest BCUT2D eigenvalue weighted by Crippen LogP contribution is -2.12. The van der Waals surface area contributed by atoms with E-state index >= 15 is 0 Å². The average molecular weight is 331 g/mol. The molecule has 1 heterocycles. The Morgan fingerprint density at radius 1 is 1.09 bits per heavy atom. The zero-order valence-electron chi connectivity index (χ0n) is 12.2. The van der Waals surface area contributed by atoms with Gasteiger partial charge in [-0.1, -0.05) is 12.1 Å². The molecule has 2 aromatic carbocycles. The molecule has 0 amide bonds. The van der Waals surface area contributed by atoms with E-state index in [2.05, 4.69) is 14.9 Å². The molecule has 0 radical (unpaired) electrons. The van der Waals surface area contributed by atoms with E-state index in [4.69, 9.17) is 0 Å². The van der Waals surface area contributed by atoms with Gasteiger partial charge in [-0.15, -0.1) is 0 Å². The number of hydrogen-bond donors (Lipinski definition) is 2. The zero-order chi connectivity index (χ0) is 16.4. The van der Waals surface area contributed by atoms with Crippen LogP contribution < -0.4 is 4.72 Å². The molecule has 0 atom stereocenters. The predicted octanol–water partition coefficient (Wildman–Crippen LogP) is 3.33. The molecule has 0 saturated carbocycles. The molecule has 5 nitrogen and oxygen atoms in total. The summed E-state index contributed by atoms with van der Waals surface area (Å²) in [5.41, 5.74) is 2.84. The summed E-state index contributed by atoms with van der Waals surface area (Å²) in [6.45, 7) is 1.89. The molecule has 1 aromatic heterocycles. The fourth-order valence-electron chi connectivity index (χ4n) is 2.14.